The summed E-state index contributed by atoms with van der Waals surface area (Å²) in [5, 5.41) is 0. The molecular weight excluding hydrogens is 360 g/mol. The molecular formula is C25H32N2O2. The minimum Gasteiger partial charge on any atom is -0.489 e. The van der Waals surface area contributed by atoms with Gasteiger partial charge in [-0.2, -0.15) is 0 Å². The van der Waals surface area contributed by atoms with Crippen LogP contribution in [0.1, 0.15) is 48.5 Å². The Morgan fingerprint density at radius 2 is 1.69 bits per heavy atom. The largest absolute Gasteiger partial charge is 0.489 e. The zero-order valence-electron chi connectivity index (χ0n) is 17.4. The maximum atomic E-state index is 12.9. The van der Waals surface area contributed by atoms with Crippen molar-refractivity contribution in [1.82, 2.24) is 9.80 Å². The molecule has 4 heteroatoms. The van der Waals surface area contributed by atoms with Crippen LogP contribution in [0.4, 0.5) is 0 Å². The summed E-state index contributed by atoms with van der Waals surface area (Å²) in [7, 11) is 0. The van der Waals surface area contributed by atoms with Crippen molar-refractivity contribution >= 4 is 5.91 Å². The number of likely N-dealkylation sites (tertiary alicyclic amines) is 2. The second kappa shape index (κ2) is 9.45. The Labute approximate surface area is 174 Å². The number of carbonyl (C=O) groups excluding carboxylic acids is 1. The van der Waals surface area contributed by atoms with Crippen LogP contribution in [0, 0.1) is 5.92 Å². The van der Waals surface area contributed by atoms with Crippen LogP contribution >= 0.6 is 0 Å². The molecule has 1 atom stereocenters. The van der Waals surface area contributed by atoms with Crippen molar-refractivity contribution in [1.29, 1.82) is 0 Å². The molecule has 0 spiro atoms. The fourth-order valence-electron chi connectivity index (χ4n) is 4.60. The van der Waals surface area contributed by atoms with Gasteiger partial charge in [0.1, 0.15) is 12.4 Å². The second-order valence-electron chi connectivity index (χ2n) is 8.56. The molecule has 2 aliphatic heterocycles. The molecule has 0 aliphatic carbocycles. The van der Waals surface area contributed by atoms with E-state index in [9.17, 15) is 4.79 Å². The molecule has 2 heterocycles. The molecule has 0 aromatic heterocycles. The summed E-state index contributed by atoms with van der Waals surface area (Å²) >= 11 is 0. The van der Waals surface area contributed by atoms with E-state index in [1.165, 1.54) is 25.9 Å². The van der Waals surface area contributed by atoms with Crippen LogP contribution in [-0.4, -0.2) is 47.9 Å². The first-order valence-corrected chi connectivity index (χ1v) is 11.0. The second-order valence-corrected chi connectivity index (χ2v) is 8.56. The van der Waals surface area contributed by atoms with Crippen LogP contribution in [-0.2, 0) is 6.61 Å². The quantitative estimate of drug-likeness (QED) is 0.745. The fraction of sp³-hybridized carbons (Fsp3) is 0.480. The number of hydrogen-bond acceptors (Lipinski definition) is 3. The van der Waals surface area contributed by atoms with E-state index in [1.54, 1.807) is 0 Å². The van der Waals surface area contributed by atoms with Crippen molar-refractivity contribution < 1.29 is 9.53 Å². The maximum Gasteiger partial charge on any atom is 0.253 e. The van der Waals surface area contributed by atoms with Gasteiger partial charge in [0.15, 0.2) is 0 Å². The highest BCUT2D eigenvalue weighted by atomic mass is 16.5. The third kappa shape index (κ3) is 5.18. The summed E-state index contributed by atoms with van der Waals surface area (Å²) in [6, 6.07) is 18.3. The van der Waals surface area contributed by atoms with Gasteiger partial charge >= 0.3 is 0 Å². The minimum atomic E-state index is 0.158. The normalized spacial score (nSPS) is 21.1. The number of ether oxygens (including phenoxy) is 1. The molecule has 1 amide bonds. The lowest BCUT2D eigenvalue weighted by atomic mass is 9.95. The van der Waals surface area contributed by atoms with Gasteiger partial charge in [0.25, 0.3) is 5.91 Å². The number of carbonyl (C=O) groups is 1. The summed E-state index contributed by atoms with van der Waals surface area (Å²) < 4.78 is 5.79. The highest BCUT2D eigenvalue weighted by Crippen LogP contribution is 2.24. The molecule has 2 aliphatic rings. The number of amides is 1. The first-order valence-electron chi connectivity index (χ1n) is 11.0. The smallest absolute Gasteiger partial charge is 0.253 e. The zero-order chi connectivity index (χ0) is 20.1. The molecule has 4 nitrogen and oxygen atoms in total. The predicted molar refractivity (Wildman–Crippen MR) is 116 cm³/mol. The number of rotatable bonds is 5. The molecule has 0 bridgehead atoms. The summed E-state index contributed by atoms with van der Waals surface area (Å²) in [6.45, 7) is 7.07. The Morgan fingerprint density at radius 1 is 0.966 bits per heavy atom. The Bertz CT molecular complexity index is 782. The van der Waals surface area contributed by atoms with E-state index in [1.807, 2.05) is 59.5 Å². The Hall–Kier alpha value is -2.33. The number of hydrogen-bond donors (Lipinski definition) is 0. The van der Waals surface area contributed by atoms with E-state index in [-0.39, 0.29) is 5.91 Å². The molecule has 0 unspecified atom stereocenters. The van der Waals surface area contributed by atoms with Gasteiger partial charge in [-0.05, 0) is 68.0 Å². The Morgan fingerprint density at radius 3 is 2.38 bits per heavy atom. The Kier molecular flexibility index (Phi) is 6.50. The molecule has 0 saturated carbocycles. The van der Waals surface area contributed by atoms with Gasteiger partial charge in [0.05, 0.1) is 0 Å². The Balaban J connectivity index is 1.27. The molecule has 2 saturated heterocycles. The molecule has 4 rings (SSSR count). The van der Waals surface area contributed by atoms with E-state index in [0.29, 0.717) is 12.6 Å². The van der Waals surface area contributed by atoms with Gasteiger partial charge < -0.3 is 9.64 Å². The van der Waals surface area contributed by atoms with Gasteiger partial charge in [0, 0.05) is 31.2 Å². The van der Waals surface area contributed by atoms with Crippen molar-refractivity contribution in [2.45, 2.75) is 45.3 Å². The molecule has 29 heavy (non-hydrogen) atoms. The average Bonchev–Trinajstić information content (AvgIpc) is 2.78. The number of nitrogens with zero attached hydrogens (tertiary/aromatic N) is 2. The van der Waals surface area contributed by atoms with Gasteiger partial charge in [-0.15, -0.1) is 0 Å². The third-order valence-corrected chi connectivity index (χ3v) is 6.31. The van der Waals surface area contributed by atoms with Gasteiger partial charge in [-0.1, -0.05) is 37.3 Å². The van der Waals surface area contributed by atoms with Gasteiger partial charge in [0.2, 0.25) is 0 Å². The highest BCUT2D eigenvalue weighted by molar-refractivity contribution is 5.94. The fourth-order valence-corrected chi connectivity index (χ4v) is 4.60. The van der Waals surface area contributed by atoms with Crippen LogP contribution in [0.3, 0.4) is 0 Å². The summed E-state index contributed by atoms with van der Waals surface area (Å²) in [5.74, 6) is 1.83. The first kappa shape index (κ1) is 20.0. The monoisotopic (exact) mass is 392 g/mol. The summed E-state index contributed by atoms with van der Waals surface area (Å²) in [6.07, 6.45) is 4.88. The van der Waals surface area contributed by atoms with Crippen LogP contribution in [0.25, 0.3) is 0 Å². The topological polar surface area (TPSA) is 32.8 Å². The van der Waals surface area contributed by atoms with Crippen molar-refractivity contribution in [3.63, 3.8) is 0 Å². The first-order chi connectivity index (χ1) is 14.2. The number of para-hydroxylation sites is 1. The molecule has 2 aromatic rings. The molecule has 0 N–H and O–H groups in total. The SMILES string of the molecule is C[C@@H]1CCCN(C2CCN(C(=O)c3ccc(COc4ccccc4)cc3)CC2)C1. The van der Waals surface area contributed by atoms with Crippen molar-refractivity contribution in [2.75, 3.05) is 26.2 Å². The molecule has 0 radical (unpaired) electrons. The zero-order valence-corrected chi connectivity index (χ0v) is 17.4. The lowest BCUT2D eigenvalue weighted by Crippen LogP contribution is -2.49. The third-order valence-electron chi connectivity index (χ3n) is 6.31. The number of piperidine rings is 2. The predicted octanol–water partition coefficient (Wildman–Crippen LogP) is 4.60. The minimum absolute atomic E-state index is 0.158. The molecule has 154 valence electrons. The average molecular weight is 393 g/mol. The van der Waals surface area contributed by atoms with Crippen LogP contribution in [0.5, 0.6) is 5.75 Å². The molecule has 2 aromatic carbocycles. The van der Waals surface area contributed by atoms with Crippen molar-refractivity contribution in [3.8, 4) is 5.75 Å². The van der Waals surface area contributed by atoms with Gasteiger partial charge in [-0.3, -0.25) is 9.69 Å². The van der Waals surface area contributed by atoms with Crippen LogP contribution < -0.4 is 4.74 Å². The van der Waals surface area contributed by atoms with E-state index in [4.69, 9.17) is 4.74 Å². The van der Waals surface area contributed by atoms with E-state index >= 15 is 0 Å². The van der Waals surface area contributed by atoms with E-state index in [0.717, 1.165) is 48.7 Å². The van der Waals surface area contributed by atoms with E-state index in [2.05, 4.69) is 11.8 Å². The maximum absolute atomic E-state index is 12.9. The van der Waals surface area contributed by atoms with Crippen molar-refractivity contribution in [2.24, 2.45) is 5.92 Å². The van der Waals surface area contributed by atoms with E-state index < -0.39 is 0 Å². The highest BCUT2D eigenvalue weighted by Gasteiger charge is 2.29. The lowest BCUT2D eigenvalue weighted by Gasteiger charge is -2.41. The standard InChI is InChI=1S/C25H32N2O2/c1-20-6-5-15-27(18-20)23-13-16-26(17-14-23)25(28)22-11-9-21(10-12-22)19-29-24-7-3-2-4-8-24/h2-4,7-12,20,23H,5-6,13-19H2,1H3/t20-/m1/s1. The number of benzene rings is 2. The van der Waals surface area contributed by atoms with Crippen LogP contribution in [0.15, 0.2) is 54.6 Å². The van der Waals surface area contributed by atoms with Crippen molar-refractivity contribution in [3.05, 3.63) is 65.7 Å². The van der Waals surface area contributed by atoms with Gasteiger partial charge in [-0.25, -0.2) is 0 Å². The summed E-state index contributed by atoms with van der Waals surface area (Å²) in [4.78, 5) is 17.6. The molecule has 2 fully saturated rings. The van der Waals surface area contributed by atoms with Crippen LogP contribution in [0.2, 0.25) is 0 Å². The lowest BCUT2D eigenvalue weighted by molar-refractivity contribution is 0.0542. The summed E-state index contributed by atoms with van der Waals surface area (Å²) in [5.41, 5.74) is 1.85.